The summed E-state index contributed by atoms with van der Waals surface area (Å²) in [6, 6.07) is 6.75. The van der Waals surface area contributed by atoms with Crippen LogP contribution in [0.3, 0.4) is 0 Å². The van der Waals surface area contributed by atoms with Crippen LogP contribution < -0.4 is 5.32 Å². The third-order valence-electron chi connectivity index (χ3n) is 5.07. The van der Waals surface area contributed by atoms with E-state index in [0.29, 0.717) is 56.3 Å². The van der Waals surface area contributed by atoms with Gasteiger partial charge < -0.3 is 15.0 Å². The Kier molecular flexibility index (Phi) is 6.06. The summed E-state index contributed by atoms with van der Waals surface area (Å²) < 4.78 is 32.0. The molecule has 2 fully saturated rings. The fraction of sp³-hybridized carbons (Fsp3) is 0.588. The first-order valence-corrected chi connectivity index (χ1v) is 10.6. The number of sulfonamides is 1. The molecule has 2 aliphatic rings. The summed E-state index contributed by atoms with van der Waals surface area (Å²) in [7, 11) is -1.75. The molecule has 2 atom stereocenters. The maximum Gasteiger partial charge on any atom is 0.321 e. The van der Waals surface area contributed by atoms with Gasteiger partial charge in [-0.2, -0.15) is 4.31 Å². The van der Waals surface area contributed by atoms with Crippen molar-refractivity contribution < 1.29 is 17.9 Å². The van der Waals surface area contributed by atoms with Gasteiger partial charge in [0.15, 0.2) is 0 Å². The van der Waals surface area contributed by atoms with E-state index in [1.807, 2.05) is 0 Å². The molecule has 2 saturated heterocycles. The molecular weight excluding hydrogens is 378 g/mol. The molecule has 3 rings (SSSR count). The first-order valence-electron chi connectivity index (χ1n) is 8.71. The number of methoxy groups -OCH3 is 1. The van der Waals surface area contributed by atoms with Crippen LogP contribution in [0.15, 0.2) is 24.3 Å². The summed E-state index contributed by atoms with van der Waals surface area (Å²) >= 11 is 5.94. The van der Waals surface area contributed by atoms with Gasteiger partial charge in [-0.3, -0.25) is 0 Å². The number of likely N-dealkylation sites (tertiary alicyclic amines) is 1. The highest BCUT2D eigenvalue weighted by Crippen LogP contribution is 2.34. The van der Waals surface area contributed by atoms with Gasteiger partial charge in [-0.15, -0.1) is 0 Å². The van der Waals surface area contributed by atoms with Gasteiger partial charge >= 0.3 is 6.03 Å². The van der Waals surface area contributed by atoms with Crippen LogP contribution in [0, 0.1) is 5.92 Å². The fourth-order valence-electron chi connectivity index (χ4n) is 3.68. The molecule has 1 N–H and O–H groups in total. The number of hydrogen-bond acceptors (Lipinski definition) is 4. The van der Waals surface area contributed by atoms with Crippen LogP contribution in [0.5, 0.6) is 0 Å². The fourth-order valence-corrected chi connectivity index (χ4v) is 6.09. The van der Waals surface area contributed by atoms with Gasteiger partial charge in [0.1, 0.15) is 0 Å². The Morgan fingerprint density at radius 3 is 2.85 bits per heavy atom. The zero-order chi connectivity index (χ0) is 18.7. The largest absolute Gasteiger partial charge is 0.383 e. The van der Waals surface area contributed by atoms with E-state index < -0.39 is 15.3 Å². The lowest BCUT2D eigenvalue weighted by molar-refractivity contribution is 0.178. The van der Waals surface area contributed by atoms with E-state index in [2.05, 4.69) is 5.32 Å². The number of hydrogen-bond donors (Lipinski definition) is 1. The molecule has 144 valence electrons. The molecule has 0 aromatic heterocycles. The molecule has 9 heteroatoms. The number of anilines is 1. The SMILES string of the molecule is COCCN1C[C@@H]2CCN(C(=O)Nc3cccc(Cl)c3)CC[C@@H]2S1(=O)=O. The summed E-state index contributed by atoms with van der Waals surface area (Å²) in [4.78, 5) is 14.2. The normalized spacial score (nSPS) is 25.5. The lowest BCUT2D eigenvalue weighted by Crippen LogP contribution is -2.37. The van der Waals surface area contributed by atoms with E-state index in [1.54, 1.807) is 36.3 Å². The number of benzene rings is 1. The second kappa shape index (κ2) is 8.12. The van der Waals surface area contributed by atoms with Crippen LogP contribution >= 0.6 is 11.6 Å². The Hall–Kier alpha value is -1.35. The van der Waals surface area contributed by atoms with E-state index in [1.165, 1.54) is 4.31 Å². The molecular formula is C17H24ClN3O4S. The van der Waals surface area contributed by atoms with Crippen LogP contribution in [0.4, 0.5) is 10.5 Å². The summed E-state index contributed by atoms with van der Waals surface area (Å²) in [6.07, 6.45) is 1.13. The molecule has 0 saturated carbocycles. The van der Waals surface area contributed by atoms with Crippen LogP contribution in [0.25, 0.3) is 0 Å². The minimum absolute atomic E-state index is 0.0563. The first-order chi connectivity index (χ1) is 12.4. The van der Waals surface area contributed by atoms with Gasteiger partial charge in [0.2, 0.25) is 10.0 Å². The predicted octanol–water partition coefficient (Wildman–Crippen LogP) is 2.24. The number of ether oxygens (including phenoxy) is 1. The highest BCUT2D eigenvalue weighted by molar-refractivity contribution is 7.90. The van der Waals surface area contributed by atoms with Crippen molar-refractivity contribution in [1.82, 2.24) is 9.21 Å². The maximum atomic E-state index is 12.7. The minimum atomic E-state index is -3.32. The molecule has 7 nitrogen and oxygen atoms in total. The summed E-state index contributed by atoms with van der Waals surface area (Å²) in [5, 5.41) is 2.97. The van der Waals surface area contributed by atoms with Gasteiger partial charge in [-0.05, 0) is 37.0 Å². The summed E-state index contributed by atoms with van der Waals surface area (Å²) in [5.41, 5.74) is 0.630. The molecule has 2 heterocycles. The van der Waals surface area contributed by atoms with E-state index in [4.69, 9.17) is 16.3 Å². The number of rotatable bonds is 4. The Morgan fingerprint density at radius 1 is 1.35 bits per heavy atom. The lowest BCUT2D eigenvalue weighted by Gasteiger charge is -2.22. The van der Waals surface area contributed by atoms with E-state index in [-0.39, 0.29) is 11.9 Å². The number of nitrogens with zero attached hydrogens (tertiary/aromatic N) is 2. The second-order valence-electron chi connectivity index (χ2n) is 6.70. The Balaban J connectivity index is 1.62. The molecule has 2 aliphatic heterocycles. The molecule has 26 heavy (non-hydrogen) atoms. The first kappa shape index (κ1) is 19.4. The van der Waals surface area contributed by atoms with Crippen molar-refractivity contribution in [1.29, 1.82) is 0 Å². The lowest BCUT2D eigenvalue weighted by atomic mass is 10.0. The average Bonchev–Trinajstić information content (AvgIpc) is 2.74. The number of urea groups is 1. The van der Waals surface area contributed by atoms with Crippen LogP contribution in [0.2, 0.25) is 5.02 Å². The van der Waals surface area contributed by atoms with Crippen molar-refractivity contribution in [2.24, 2.45) is 5.92 Å². The topological polar surface area (TPSA) is 79.0 Å². The molecule has 0 bridgehead atoms. The van der Waals surface area contributed by atoms with Crippen molar-refractivity contribution in [2.75, 3.05) is 45.2 Å². The van der Waals surface area contributed by atoms with Gasteiger partial charge in [0.05, 0.1) is 11.9 Å². The number of halogens is 1. The van der Waals surface area contributed by atoms with Gasteiger partial charge in [0, 0.05) is 44.0 Å². The van der Waals surface area contributed by atoms with Crippen LogP contribution in [-0.4, -0.2) is 68.8 Å². The molecule has 0 radical (unpaired) electrons. The Bertz CT molecular complexity index is 758. The quantitative estimate of drug-likeness (QED) is 0.839. The summed E-state index contributed by atoms with van der Waals surface area (Å²) in [5.74, 6) is 0.0563. The van der Waals surface area contributed by atoms with Crippen molar-refractivity contribution in [3.8, 4) is 0 Å². The zero-order valence-electron chi connectivity index (χ0n) is 14.7. The van der Waals surface area contributed by atoms with Crippen LogP contribution in [-0.2, 0) is 14.8 Å². The Labute approximate surface area is 159 Å². The maximum absolute atomic E-state index is 12.7. The third kappa shape index (κ3) is 4.14. The van der Waals surface area contributed by atoms with Gasteiger partial charge in [-0.1, -0.05) is 17.7 Å². The summed E-state index contributed by atoms with van der Waals surface area (Å²) in [6.45, 7) is 2.27. The predicted molar refractivity (Wildman–Crippen MR) is 101 cm³/mol. The molecule has 1 aromatic carbocycles. The molecule has 0 unspecified atom stereocenters. The van der Waals surface area contributed by atoms with Crippen molar-refractivity contribution in [2.45, 2.75) is 18.1 Å². The smallest absolute Gasteiger partial charge is 0.321 e. The third-order valence-corrected chi connectivity index (χ3v) is 7.74. The molecule has 2 amide bonds. The highest BCUT2D eigenvalue weighted by atomic mass is 35.5. The molecule has 0 aliphatic carbocycles. The number of nitrogens with one attached hydrogen (secondary N) is 1. The average molecular weight is 402 g/mol. The molecule has 1 aromatic rings. The van der Waals surface area contributed by atoms with E-state index >= 15 is 0 Å². The number of amides is 2. The number of carbonyl (C=O) groups excluding carboxylic acids is 1. The number of fused-ring (bicyclic) bond motifs is 1. The van der Waals surface area contributed by atoms with Crippen molar-refractivity contribution in [3.05, 3.63) is 29.3 Å². The number of carbonyl (C=O) groups is 1. The van der Waals surface area contributed by atoms with Crippen molar-refractivity contribution >= 4 is 33.3 Å². The van der Waals surface area contributed by atoms with E-state index in [0.717, 1.165) is 0 Å². The monoisotopic (exact) mass is 401 g/mol. The standard InChI is InChI=1S/C17H24ClN3O4S/c1-25-10-9-21-12-13-5-7-20(8-6-16(13)26(21,23)24)17(22)19-15-4-2-3-14(18)11-15/h2-4,11,13,16H,5-10,12H2,1H3,(H,19,22)/t13-,16-/m0/s1. The minimum Gasteiger partial charge on any atom is -0.383 e. The second-order valence-corrected chi connectivity index (χ2v) is 9.29. The molecule has 0 spiro atoms. The van der Waals surface area contributed by atoms with E-state index in [9.17, 15) is 13.2 Å². The van der Waals surface area contributed by atoms with Crippen LogP contribution in [0.1, 0.15) is 12.8 Å². The van der Waals surface area contributed by atoms with Gasteiger partial charge in [0.25, 0.3) is 0 Å². The van der Waals surface area contributed by atoms with Crippen molar-refractivity contribution in [3.63, 3.8) is 0 Å². The zero-order valence-corrected chi connectivity index (χ0v) is 16.3. The van der Waals surface area contributed by atoms with Gasteiger partial charge in [-0.25, -0.2) is 13.2 Å². The Morgan fingerprint density at radius 2 is 2.12 bits per heavy atom. The highest BCUT2D eigenvalue weighted by Gasteiger charge is 2.46.